The van der Waals surface area contributed by atoms with E-state index < -0.39 is 0 Å². The first-order valence-corrected chi connectivity index (χ1v) is 5.75. The maximum absolute atomic E-state index is 6.16. The Morgan fingerprint density at radius 1 is 1.31 bits per heavy atom. The molecule has 82 valence electrons. The van der Waals surface area contributed by atoms with Gasteiger partial charge in [0, 0.05) is 16.9 Å². The van der Waals surface area contributed by atoms with Crippen LogP contribution < -0.4 is 5.73 Å². The first-order chi connectivity index (χ1) is 7.68. The second kappa shape index (κ2) is 4.72. The molecule has 0 saturated carbocycles. The Morgan fingerprint density at radius 2 is 2.12 bits per heavy atom. The van der Waals surface area contributed by atoms with Gasteiger partial charge in [0.25, 0.3) is 0 Å². The molecule has 2 rings (SSSR count). The molecule has 1 aromatic carbocycles. The summed E-state index contributed by atoms with van der Waals surface area (Å²) in [5.74, 6) is 0. The molecule has 0 aliphatic carbocycles. The molecule has 2 N–H and O–H groups in total. The van der Waals surface area contributed by atoms with E-state index in [1.54, 1.807) is 18.6 Å². The fraction of sp³-hybridized carbons (Fsp3) is 0.167. The number of nitrogens with zero attached hydrogens (tertiary/aromatic N) is 2. The van der Waals surface area contributed by atoms with Crippen molar-refractivity contribution in [3.8, 4) is 0 Å². The van der Waals surface area contributed by atoms with Crippen molar-refractivity contribution >= 4 is 15.9 Å². The highest BCUT2D eigenvalue weighted by molar-refractivity contribution is 9.10. The molecule has 0 saturated heterocycles. The predicted octanol–water partition coefficient (Wildman–Crippen LogP) is 2.60. The van der Waals surface area contributed by atoms with Crippen LogP contribution >= 0.6 is 15.9 Å². The lowest BCUT2D eigenvalue weighted by Crippen LogP contribution is -2.15. The molecule has 0 amide bonds. The summed E-state index contributed by atoms with van der Waals surface area (Å²) in [6.07, 6.45) is 5.00. The Hall–Kier alpha value is -1.26. The second-order valence-electron chi connectivity index (χ2n) is 3.61. The lowest BCUT2D eigenvalue weighted by molar-refractivity contribution is 0.810. The number of halogens is 1. The molecule has 0 aliphatic rings. The van der Waals surface area contributed by atoms with Gasteiger partial charge in [0.2, 0.25) is 0 Å². The van der Waals surface area contributed by atoms with Crippen molar-refractivity contribution in [1.29, 1.82) is 0 Å². The van der Waals surface area contributed by atoms with Crippen LogP contribution in [0.5, 0.6) is 0 Å². The van der Waals surface area contributed by atoms with Crippen LogP contribution in [0.1, 0.15) is 22.9 Å². The van der Waals surface area contributed by atoms with Crippen molar-refractivity contribution in [2.24, 2.45) is 5.73 Å². The number of aryl methyl sites for hydroxylation is 1. The summed E-state index contributed by atoms with van der Waals surface area (Å²) in [6, 6.07) is 5.83. The van der Waals surface area contributed by atoms with Crippen LogP contribution in [-0.4, -0.2) is 9.97 Å². The minimum absolute atomic E-state index is 0.230. The molecule has 0 bridgehead atoms. The van der Waals surface area contributed by atoms with Gasteiger partial charge in [-0.1, -0.05) is 22.0 Å². The summed E-state index contributed by atoms with van der Waals surface area (Å²) >= 11 is 3.45. The fourth-order valence-electron chi connectivity index (χ4n) is 1.58. The summed E-state index contributed by atoms with van der Waals surface area (Å²) in [7, 11) is 0. The molecule has 0 fully saturated rings. The first-order valence-electron chi connectivity index (χ1n) is 4.96. The van der Waals surface area contributed by atoms with Crippen LogP contribution in [0.15, 0.2) is 41.3 Å². The number of nitrogens with two attached hydrogens (primary N) is 1. The Kier molecular flexibility index (Phi) is 3.31. The highest BCUT2D eigenvalue weighted by Gasteiger charge is 2.12. The van der Waals surface area contributed by atoms with E-state index in [9.17, 15) is 0 Å². The molecule has 0 radical (unpaired) electrons. The normalized spacial score (nSPS) is 12.4. The summed E-state index contributed by atoms with van der Waals surface area (Å²) in [5, 5.41) is 0. The van der Waals surface area contributed by atoms with Gasteiger partial charge in [-0.25, -0.2) is 0 Å². The van der Waals surface area contributed by atoms with Gasteiger partial charge >= 0.3 is 0 Å². The zero-order chi connectivity index (χ0) is 11.5. The van der Waals surface area contributed by atoms with Crippen molar-refractivity contribution in [2.45, 2.75) is 13.0 Å². The van der Waals surface area contributed by atoms with E-state index in [4.69, 9.17) is 5.73 Å². The predicted molar refractivity (Wildman–Crippen MR) is 66.9 cm³/mol. The maximum atomic E-state index is 6.16. The van der Waals surface area contributed by atoms with E-state index in [1.807, 2.05) is 25.1 Å². The smallest absolute Gasteiger partial charge is 0.0799 e. The van der Waals surface area contributed by atoms with Gasteiger partial charge < -0.3 is 5.73 Å². The number of benzene rings is 1. The molecular weight excluding hydrogens is 266 g/mol. The van der Waals surface area contributed by atoms with Crippen LogP contribution in [0.3, 0.4) is 0 Å². The molecule has 1 atom stereocenters. The molecule has 3 nitrogen and oxygen atoms in total. The standard InChI is InChI=1S/C12H12BrN3/c1-8-2-3-9(13)6-10(8)12(14)11-7-15-4-5-16-11/h2-7,12H,14H2,1H3. The van der Waals surface area contributed by atoms with Crippen molar-refractivity contribution in [3.63, 3.8) is 0 Å². The van der Waals surface area contributed by atoms with E-state index in [1.165, 1.54) is 0 Å². The van der Waals surface area contributed by atoms with Crippen molar-refractivity contribution < 1.29 is 0 Å². The van der Waals surface area contributed by atoms with Crippen LogP contribution in [0.25, 0.3) is 0 Å². The van der Waals surface area contributed by atoms with Gasteiger partial charge in [0.1, 0.15) is 0 Å². The Labute approximate surface area is 103 Å². The summed E-state index contributed by atoms with van der Waals surface area (Å²) in [4.78, 5) is 8.25. The maximum Gasteiger partial charge on any atom is 0.0799 e. The number of hydrogen-bond acceptors (Lipinski definition) is 3. The van der Waals surface area contributed by atoms with Crippen LogP contribution in [-0.2, 0) is 0 Å². The monoisotopic (exact) mass is 277 g/mol. The first kappa shape index (κ1) is 11.2. The van der Waals surface area contributed by atoms with Gasteiger partial charge in [0.05, 0.1) is 17.9 Å². The molecule has 1 heterocycles. The molecule has 16 heavy (non-hydrogen) atoms. The molecule has 4 heteroatoms. The fourth-order valence-corrected chi connectivity index (χ4v) is 1.96. The summed E-state index contributed by atoms with van der Waals surface area (Å²) in [6.45, 7) is 2.04. The van der Waals surface area contributed by atoms with Crippen LogP contribution in [0.2, 0.25) is 0 Å². The Balaban J connectivity index is 2.41. The zero-order valence-electron chi connectivity index (χ0n) is 8.89. The highest BCUT2D eigenvalue weighted by atomic mass is 79.9. The minimum Gasteiger partial charge on any atom is -0.319 e. The summed E-state index contributed by atoms with van der Waals surface area (Å²) in [5.41, 5.74) is 9.16. The summed E-state index contributed by atoms with van der Waals surface area (Å²) < 4.78 is 1.02. The SMILES string of the molecule is Cc1ccc(Br)cc1C(N)c1cnccn1. The third-order valence-electron chi connectivity index (χ3n) is 2.48. The van der Waals surface area contributed by atoms with Crippen molar-refractivity contribution in [1.82, 2.24) is 9.97 Å². The van der Waals surface area contributed by atoms with Gasteiger partial charge in [-0.15, -0.1) is 0 Å². The van der Waals surface area contributed by atoms with Gasteiger partial charge in [-0.2, -0.15) is 0 Å². The van der Waals surface area contributed by atoms with E-state index in [-0.39, 0.29) is 6.04 Å². The lowest BCUT2D eigenvalue weighted by Gasteiger charge is -2.14. The Morgan fingerprint density at radius 3 is 2.81 bits per heavy atom. The van der Waals surface area contributed by atoms with Gasteiger partial charge in [-0.05, 0) is 30.2 Å². The quantitative estimate of drug-likeness (QED) is 0.918. The van der Waals surface area contributed by atoms with Crippen LogP contribution in [0.4, 0.5) is 0 Å². The number of aromatic nitrogens is 2. The highest BCUT2D eigenvalue weighted by Crippen LogP contribution is 2.24. The van der Waals surface area contributed by atoms with Crippen molar-refractivity contribution in [2.75, 3.05) is 0 Å². The Bertz CT molecular complexity index is 485. The third kappa shape index (κ3) is 2.28. The topological polar surface area (TPSA) is 51.8 Å². The van der Waals surface area contributed by atoms with E-state index in [0.29, 0.717) is 0 Å². The van der Waals surface area contributed by atoms with Gasteiger partial charge in [0.15, 0.2) is 0 Å². The van der Waals surface area contributed by atoms with Gasteiger partial charge in [-0.3, -0.25) is 9.97 Å². The average molecular weight is 278 g/mol. The van der Waals surface area contributed by atoms with Crippen LogP contribution in [0, 0.1) is 6.92 Å². The minimum atomic E-state index is -0.230. The number of hydrogen-bond donors (Lipinski definition) is 1. The van der Waals surface area contributed by atoms with E-state index in [2.05, 4.69) is 25.9 Å². The zero-order valence-corrected chi connectivity index (χ0v) is 10.5. The molecule has 0 spiro atoms. The average Bonchev–Trinajstić information content (AvgIpc) is 2.32. The van der Waals surface area contributed by atoms with E-state index >= 15 is 0 Å². The third-order valence-corrected chi connectivity index (χ3v) is 2.97. The molecular formula is C12H12BrN3. The van der Waals surface area contributed by atoms with E-state index in [0.717, 1.165) is 21.3 Å². The number of rotatable bonds is 2. The second-order valence-corrected chi connectivity index (χ2v) is 4.52. The molecule has 1 aromatic heterocycles. The molecule has 0 aliphatic heterocycles. The molecule has 2 aromatic rings. The molecule has 1 unspecified atom stereocenters. The lowest BCUT2D eigenvalue weighted by atomic mass is 10.00. The van der Waals surface area contributed by atoms with Crippen molar-refractivity contribution in [3.05, 3.63) is 58.1 Å². The largest absolute Gasteiger partial charge is 0.319 e.